The molecule has 0 radical (unpaired) electrons. The number of hydrogen-bond acceptors (Lipinski definition) is 2. The summed E-state index contributed by atoms with van der Waals surface area (Å²) in [4.78, 5) is 0. The molecule has 0 heterocycles. The van der Waals surface area contributed by atoms with Gasteiger partial charge in [0.1, 0.15) is 11.6 Å². The molecule has 0 saturated carbocycles. The van der Waals surface area contributed by atoms with Gasteiger partial charge >= 0.3 is 0 Å². The highest BCUT2D eigenvalue weighted by molar-refractivity contribution is 5.24. The highest BCUT2D eigenvalue weighted by atomic mass is 19.1. The molecule has 4 heteroatoms. The van der Waals surface area contributed by atoms with Crippen LogP contribution >= 0.6 is 0 Å². The Bertz CT molecular complexity index is 347. The maximum absolute atomic E-state index is 13.4. The molecule has 1 rings (SSSR count). The van der Waals surface area contributed by atoms with Crippen LogP contribution in [0.5, 0.6) is 0 Å². The van der Waals surface area contributed by atoms with Gasteiger partial charge in [-0.15, -0.1) is 0 Å². The summed E-state index contributed by atoms with van der Waals surface area (Å²) in [7, 11) is 1.59. The van der Waals surface area contributed by atoms with E-state index in [1.165, 1.54) is 0 Å². The maximum Gasteiger partial charge on any atom is 0.128 e. The Labute approximate surface area is 87.9 Å². The number of rotatable bonds is 3. The van der Waals surface area contributed by atoms with Crippen LogP contribution in [0.2, 0.25) is 0 Å². The first-order valence-electron chi connectivity index (χ1n) is 4.71. The first kappa shape index (κ1) is 12.1. The lowest BCUT2D eigenvalue weighted by molar-refractivity contribution is 0.0386. The third-order valence-electron chi connectivity index (χ3n) is 2.26. The van der Waals surface area contributed by atoms with Crippen molar-refractivity contribution in [3.05, 3.63) is 35.4 Å². The third-order valence-corrected chi connectivity index (χ3v) is 2.26. The van der Waals surface area contributed by atoms with Gasteiger partial charge in [-0.3, -0.25) is 0 Å². The summed E-state index contributed by atoms with van der Waals surface area (Å²) < 4.78 is 26.4. The van der Waals surface area contributed by atoms with Gasteiger partial charge < -0.3 is 10.4 Å². The van der Waals surface area contributed by atoms with Gasteiger partial charge in [-0.25, -0.2) is 8.78 Å². The molecule has 0 aliphatic rings. The van der Waals surface area contributed by atoms with Gasteiger partial charge in [0.2, 0.25) is 0 Å². The van der Waals surface area contributed by atoms with Crippen LogP contribution in [0.1, 0.15) is 25.5 Å². The van der Waals surface area contributed by atoms with Crippen molar-refractivity contribution in [2.75, 3.05) is 7.05 Å². The SMILES string of the molecule is CNC(c1cc(F)ccc1F)C(C)(C)O. The van der Waals surface area contributed by atoms with E-state index in [2.05, 4.69) is 5.32 Å². The first-order chi connectivity index (χ1) is 6.86. The number of nitrogens with one attached hydrogen (secondary N) is 1. The molecule has 0 aliphatic carbocycles. The summed E-state index contributed by atoms with van der Waals surface area (Å²) in [6, 6.07) is 2.55. The van der Waals surface area contributed by atoms with Crippen molar-refractivity contribution in [3.63, 3.8) is 0 Å². The van der Waals surface area contributed by atoms with Crippen molar-refractivity contribution < 1.29 is 13.9 Å². The minimum absolute atomic E-state index is 0.130. The van der Waals surface area contributed by atoms with Crippen LogP contribution in [0.4, 0.5) is 8.78 Å². The second kappa shape index (κ2) is 4.24. The predicted molar refractivity (Wildman–Crippen MR) is 54.5 cm³/mol. The summed E-state index contributed by atoms with van der Waals surface area (Å²) in [6.45, 7) is 3.08. The molecule has 0 aliphatic heterocycles. The normalized spacial score (nSPS) is 14.0. The topological polar surface area (TPSA) is 32.3 Å². The van der Waals surface area contributed by atoms with E-state index in [0.29, 0.717) is 0 Å². The molecule has 0 amide bonds. The zero-order valence-corrected chi connectivity index (χ0v) is 9.01. The van der Waals surface area contributed by atoms with Gasteiger partial charge in [0, 0.05) is 5.56 Å². The molecular weight excluding hydrogens is 200 g/mol. The Balaban J connectivity index is 3.18. The van der Waals surface area contributed by atoms with E-state index in [9.17, 15) is 13.9 Å². The summed E-state index contributed by atoms with van der Waals surface area (Å²) in [5.74, 6) is -1.05. The highest BCUT2D eigenvalue weighted by Gasteiger charge is 2.29. The van der Waals surface area contributed by atoms with E-state index in [1.54, 1.807) is 20.9 Å². The Morgan fingerprint density at radius 3 is 2.40 bits per heavy atom. The fraction of sp³-hybridized carbons (Fsp3) is 0.455. The van der Waals surface area contributed by atoms with Gasteiger partial charge in [0.05, 0.1) is 11.6 Å². The van der Waals surface area contributed by atoms with Gasteiger partial charge in [0.25, 0.3) is 0 Å². The predicted octanol–water partition coefficient (Wildman–Crippen LogP) is 2.00. The maximum atomic E-state index is 13.4. The fourth-order valence-electron chi connectivity index (χ4n) is 1.63. The molecule has 15 heavy (non-hydrogen) atoms. The molecular formula is C11H15F2NO. The van der Waals surface area contributed by atoms with E-state index >= 15 is 0 Å². The van der Waals surface area contributed by atoms with Crippen LogP contribution in [0.15, 0.2) is 18.2 Å². The fourth-order valence-corrected chi connectivity index (χ4v) is 1.63. The Morgan fingerprint density at radius 2 is 1.93 bits per heavy atom. The van der Waals surface area contributed by atoms with Crippen molar-refractivity contribution in [2.24, 2.45) is 0 Å². The molecule has 1 unspecified atom stereocenters. The molecule has 0 bridgehead atoms. The molecule has 0 fully saturated rings. The van der Waals surface area contributed by atoms with E-state index in [0.717, 1.165) is 18.2 Å². The van der Waals surface area contributed by atoms with Crippen molar-refractivity contribution in [2.45, 2.75) is 25.5 Å². The lowest BCUT2D eigenvalue weighted by Crippen LogP contribution is -2.38. The summed E-state index contributed by atoms with van der Waals surface area (Å²) >= 11 is 0. The largest absolute Gasteiger partial charge is 0.388 e. The zero-order valence-electron chi connectivity index (χ0n) is 9.01. The molecule has 84 valence electrons. The van der Waals surface area contributed by atoms with Crippen molar-refractivity contribution in [3.8, 4) is 0 Å². The second-order valence-electron chi connectivity index (χ2n) is 4.04. The van der Waals surface area contributed by atoms with Crippen LogP contribution < -0.4 is 5.32 Å². The molecule has 1 aromatic rings. The molecule has 1 atom stereocenters. The average molecular weight is 215 g/mol. The lowest BCUT2D eigenvalue weighted by Gasteiger charge is -2.29. The second-order valence-corrected chi connectivity index (χ2v) is 4.04. The molecule has 0 aromatic heterocycles. The quantitative estimate of drug-likeness (QED) is 0.808. The minimum Gasteiger partial charge on any atom is -0.388 e. The van der Waals surface area contributed by atoms with Crippen LogP contribution in [0.25, 0.3) is 0 Å². The molecule has 2 nitrogen and oxygen atoms in total. The standard InChI is InChI=1S/C11H15F2NO/c1-11(2,15)10(14-3)8-6-7(12)4-5-9(8)13/h4-6,10,14-15H,1-3H3. The van der Waals surface area contributed by atoms with Gasteiger partial charge in [-0.2, -0.15) is 0 Å². The minimum atomic E-state index is -1.16. The van der Waals surface area contributed by atoms with Gasteiger partial charge in [0.15, 0.2) is 0 Å². The summed E-state index contributed by atoms with van der Waals surface area (Å²) in [5.41, 5.74) is -1.03. The van der Waals surface area contributed by atoms with E-state index in [1.807, 2.05) is 0 Å². The number of hydrogen-bond donors (Lipinski definition) is 2. The molecule has 2 N–H and O–H groups in total. The van der Waals surface area contributed by atoms with E-state index < -0.39 is 23.3 Å². The van der Waals surface area contributed by atoms with Gasteiger partial charge in [-0.1, -0.05) is 0 Å². The molecule has 1 aromatic carbocycles. The lowest BCUT2D eigenvalue weighted by atomic mass is 9.91. The van der Waals surface area contributed by atoms with Crippen molar-refractivity contribution >= 4 is 0 Å². The van der Waals surface area contributed by atoms with E-state index in [4.69, 9.17) is 0 Å². The zero-order chi connectivity index (χ0) is 11.6. The number of benzene rings is 1. The van der Waals surface area contributed by atoms with E-state index in [-0.39, 0.29) is 5.56 Å². The van der Waals surface area contributed by atoms with Crippen molar-refractivity contribution in [1.29, 1.82) is 0 Å². The summed E-state index contributed by atoms with van der Waals surface area (Å²) in [5, 5.41) is 12.6. The number of aliphatic hydroxyl groups is 1. The smallest absolute Gasteiger partial charge is 0.128 e. The van der Waals surface area contributed by atoms with Gasteiger partial charge in [-0.05, 0) is 39.1 Å². The Hall–Kier alpha value is -1.00. The van der Waals surface area contributed by atoms with Crippen molar-refractivity contribution in [1.82, 2.24) is 5.32 Å². The Kier molecular flexibility index (Phi) is 3.42. The number of likely N-dealkylation sites (N-methyl/N-ethyl adjacent to an activating group) is 1. The Morgan fingerprint density at radius 1 is 1.33 bits per heavy atom. The average Bonchev–Trinajstić information content (AvgIpc) is 2.10. The van der Waals surface area contributed by atoms with Crippen LogP contribution in [0.3, 0.4) is 0 Å². The highest BCUT2D eigenvalue weighted by Crippen LogP contribution is 2.27. The monoisotopic (exact) mass is 215 g/mol. The number of halogens is 2. The molecule has 0 spiro atoms. The molecule has 0 saturated heterocycles. The van der Waals surface area contributed by atoms with Crippen LogP contribution in [-0.2, 0) is 0 Å². The first-order valence-corrected chi connectivity index (χ1v) is 4.71. The summed E-state index contributed by atoms with van der Waals surface area (Å²) in [6.07, 6.45) is 0. The third kappa shape index (κ3) is 2.73. The van der Waals surface area contributed by atoms with Crippen LogP contribution in [-0.4, -0.2) is 17.8 Å². The van der Waals surface area contributed by atoms with Crippen LogP contribution in [0, 0.1) is 11.6 Å².